The van der Waals surface area contributed by atoms with Crippen LogP contribution in [0.1, 0.15) is 51.3 Å². The number of nitrogens with zero attached hydrogens (tertiary/aromatic N) is 3. The highest BCUT2D eigenvalue weighted by Crippen LogP contribution is 2.61. The molecule has 6 rings (SSSR count). The number of thioether (sulfide) groups is 1. The van der Waals surface area contributed by atoms with Crippen molar-refractivity contribution >= 4 is 46.6 Å². The van der Waals surface area contributed by atoms with Gasteiger partial charge in [-0.05, 0) is 80.8 Å². The van der Waals surface area contributed by atoms with Gasteiger partial charge in [-0.3, -0.25) is 4.79 Å². The van der Waals surface area contributed by atoms with Crippen LogP contribution in [-0.2, 0) is 17.8 Å². The maximum absolute atomic E-state index is 12.5. The van der Waals surface area contributed by atoms with E-state index in [9.17, 15) is 4.79 Å². The number of amides is 1. The van der Waals surface area contributed by atoms with Gasteiger partial charge in [0.05, 0.1) is 21.5 Å². The highest BCUT2D eigenvalue weighted by Gasteiger charge is 2.51. The van der Waals surface area contributed by atoms with Crippen molar-refractivity contribution in [3.8, 4) is 0 Å². The summed E-state index contributed by atoms with van der Waals surface area (Å²) in [4.78, 5) is 12.5. The number of aromatic nitrogens is 3. The second-order valence-electron chi connectivity index (χ2n) is 9.67. The van der Waals surface area contributed by atoms with Crippen molar-refractivity contribution in [1.82, 2.24) is 14.8 Å². The highest BCUT2D eigenvalue weighted by molar-refractivity contribution is 7.99. The Balaban J connectivity index is 1.25. The lowest BCUT2D eigenvalue weighted by atomic mass is 9.49. The fourth-order valence-corrected chi connectivity index (χ4v) is 7.95. The summed E-state index contributed by atoms with van der Waals surface area (Å²) in [6.45, 7) is 2.94. The average Bonchev–Trinajstić information content (AvgIpc) is 3.09. The molecule has 0 unspecified atom stereocenters. The Hall–Kier alpha value is -1.24. The van der Waals surface area contributed by atoms with Crippen molar-refractivity contribution < 1.29 is 4.79 Å². The number of rotatable bonds is 7. The Kier molecular flexibility index (Phi) is 5.99. The normalized spacial score (nSPS) is 28.8. The van der Waals surface area contributed by atoms with E-state index < -0.39 is 0 Å². The molecule has 4 aliphatic rings. The van der Waals surface area contributed by atoms with Crippen LogP contribution in [-0.4, -0.2) is 26.4 Å². The monoisotopic (exact) mass is 478 g/mol. The summed E-state index contributed by atoms with van der Waals surface area (Å²) in [5, 5.41) is 13.5. The van der Waals surface area contributed by atoms with Gasteiger partial charge in [0.1, 0.15) is 5.82 Å². The van der Waals surface area contributed by atoms with Gasteiger partial charge < -0.3 is 9.88 Å². The van der Waals surface area contributed by atoms with Crippen LogP contribution in [0.15, 0.2) is 23.4 Å². The topological polar surface area (TPSA) is 59.8 Å². The molecule has 2 aromatic rings. The van der Waals surface area contributed by atoms with E-state index in [4.69, 9.17) is 23.2 Å². The maximum Gasteiger partial charge on any atom is 0.234 e. The zero-order chi connectivity index (χ0) is 21.6. The largest absolute Gasteiger partial charge is 0.323 e. The van der Waals surface area contributed by atoms with Gasteiger partial charge in [-0.15, -0.1) is 10.2 Å². The third kappa shape index (κ3) is 4.36. The molecule has 166 valence electrons. The van der Waals surface area contributed by atoms with E-state index in [0.717, 1.165) is 41.7 Å². The molecule has 1 aromatic carbocycles. The Morgan fingerprint density at radius 1 is 1.13 bits per heavy atom. The van der Waals surface area contributed by atoms with Crippen LogP contribution in [0.5, 0.6) is 0 Å². The quantitative estimate of drug-likeness (QED) is 0.488. The van der Waals surface area contributed by atoms with Crippen LogP contribution in [0.25, 0.3) is 0 Å². The van der Waals surface area contributed by atoms with Gasteiger partial charge in [-0.25, -0.2) is 0 Å². The van der Waals surface area contributed by atoms with Gasteiger partial charge in [0.25, 0.3) is 0 Å². The first kappa shape index (κ1) is 21.6. The summed E-state index contributed by atoms with van der Waals surface area (Å²) < 4.78 is 2.19. The van der Waals surface area contributed by atoms with Crippen LogP contribution >= 0.6 is 35.0 Å². The van der Waals surface area contributed by atoms with Crippen molar-refractivity contribution in [1.29, 1.82) is 0 Å². The number of carbonyl (C=O) groups is 1. The first-order valence-corrected chi connectivity index (χ1v) is 13.0. The molecule has 8 heteroatoms. The molecular weight excluding hydrogens is 451 g/mol. The second kappa shape index (κ2) is 8.60. The molecule has 4 fully saturated rings. The van der Waals surface area contributed by atoms with Crippen LogP contribution in [0.3, 0.4) is 0 Å². The maximum atomic E-state index is 12.5. The number of anilines is 1. The minimum Gasteiger partial charge on any atom is -0.323 e. The Bertz CT molecular complexity index is 936. The number of hydrogen-bond donors (Lipinski definition) is 1. The van der Waals surface area contributed by atoms with E-state index >= 15 is 0 Å². The second-order valence-corrected chi connectivity index (χ2v) is 11.4. The molecule has 0 saturated heterocycles. The van der Waals surface area contributed by atoms with E-state index in [-0.39, 0.29) is 11.7 Å². The zero-order valence-electron chi connectivity index (χ0n) is 17.7. The summed E-state index contributed by atoms with van der Waals surface area (Å²) in [5.41, 5.74) is 0.880. The molecule has 1 N–H and O–H groups in total. The van der Waals surface area contributed by atoms with Gasteiger partial charge in [-0.1, -0.05) is 41.0 Å². The lowest BCUT2D eigenvalue weighted by Crippen LogP contribution is -2.47. The number of halogens is 2. The van der Waals surface area contributed by atoms with Crippen LogP contribution < -0.4 is 5.32 Å². The van der Waals surface area contributed by atoms with E-state index in [0.29, 0.717) is 21.1 Å². The summed E-state index contributed by atoms with van der Waals surface area (Å²) >= 11 is 13.7. The standard InChI is InChI=1S/C23H28Cl2N4OS/c1-2-29-19(12-23-9-14-6-15(10-23)8-16(7-14)11-23)27-28-22(29)31-13-20(30)26-21-17(24)4-3-5-18(21)25/h3-5,14-16H,2,6-13H2,1H3,(H,26,30). The minimum absolute atomic E-state index is 0.159. The van der Waals surface area contributed by atoms with E-state index in [1.807, 2.05) is 0 Å². The summed E-state index contributed by atoms with van der Waals surface area (Å²) in [5.74, 6) is 3.95. The molecule has 4 saturated carbocycles. The molecule has 31 heavy (non-hydrogen) atoms. The van der Waals surface area contributed by atoms with Crippen molar-refractivity contribution in [3.63, 3.8) is 0 Å². The van der Waals surface area contributed by atoms with Gasteiger partial charge in [-0.2, -0.15) is 0 Å². The van der Waals surface area contributed by atoms with Gasteiger partial charge >= 0.3 is 0 Å². The zero-order valence-corrected chi connectivity index (χ0v) is 20.1. The number of nitrogens with one attached hydrogen (secondary N) is 1. The van der Waals surface area contributed by atoms with Crippen molar-refractivity contribution in [2.45, 2.75) is 63.6 Å². The third-order valence-electron chi connectivity index (χ3n) is 7.37. The predicted molar refractivity (Wildman–Crippen MR) is 126 cm³/mol. The number of benzene rings is 1. The molecule has 4 aliphatic carbocycles. The third-order valence-corrected chi connectivity index (χ3v) is 8.96. The molecule has 0 aliphatic heterocycles. The smallest absolute Gasteiger partial charge is 0.234 e. The fraction of sp³-hybridized carbons (Fsp3) is 0.609. The molecular formula is C23H28Cl2N4OS. The van der Waals surface area contributed by atoms with Gasteiger partial charge in [0.2, 0.25) is 5.91 Å². The Labute approximate surface area is 197 Å². The van der Waals surface area contributed by atoms with E-state index in [2.05, 4.69) is 27.0 Å². The highest BCUT2D eigenvalue weighted by atomic mass is 35.5. The molecule has 0 atom stereocenters. The van der Waals surface area contributed by atoms with Crippen LogP contribution in [0.4, 0.5) is 5.69 Å². The van der Waals surface area contributed by atoms with Crippen molar-refractivity contribution in [2.24, 2.45) is 23.2 Å². The van der Waals surface area contributed by atoms with Crippen LogP contribution in [0.2, 0.25) is 10.0 Å². The fourth-order valence-electron chi connectivity index (χ4n) is 6.64. The summed E-state index contributed by atoms with van der Waals surface area (Å²) in [7, 11) is 0. The van der Waals surface area contributed by atoms with E-state index in [1.54, 1.807) is 18.2 Å². The molecule has 4 bridgehead atoms. The number of para-hydroxylation sites is 1. The van der Waals surface area contributed by atoms with Crippen LogP contribution in [0, 0.1) is 23.2 Å². The number of hydrogen-bond acceptors (Lipinski definition) is 4. The minimum atomic E-state index is -0.159. The first-order chi connectivity index (χ1) is 14.9. The molecule has 1 amide bonds. The summed E-state index contributed by atoms with van der Waals surface area (Å²) in [6.07, 6.45) is 9.46. The molecule has 5 nitrogen and oxygen atoms in total. The lowest BCUT2D eigenvalue weighted by molar-refractivity contribution is -0.113. The van der Waals surface area contributed by atoms with Gasteiger partial charge in [0, 0.05) is 13.0 Å². The van der Waals surface area contributed by atoms with Gasteiger partial charge in [0.15, 0.2) is 5.16 Å². The summed E-state index contributed by atoms with van der Waals surface area (Å²) in [6, 6.07) is 5.17. The molecule has 0 spiro atoms. The number of carbonyl (C=O) groups excluding carboxylic acids is 1. The van der Waals surface area contributed by atoms with Crippen molar-refractivity contribution in [2.75, 3.05) is 11.1 Å². The average molecular weight is 479 g/mol. The Morgan fingerprint density at radius 3 is 2.32 bits per heavy atom. The lowest BCUT2D eigenvalue weighted by Gasteiger charge is -2.56. The molecule has 1 heterocycles. The Morgan fingerprint density at radius 2 is 1.74 bits per heavy atom. The predicted octanol–water partition coefficient (Wildman–Crippen LogP) is 6.09. The van der Waals surface area contributed by atoms with E-state index in [1.165, 1.54) is 50.3 Å². The SMILES string of the molecule is CCn1c(CC23CC4CC(CC(C4)C2)C3)nnc1SCC(=O)Nc1c(Cl)cccc1Cl. The molecule has 0 radical (unpaired) electrons. The first-order valence-electron chi connectivity index (χ1n) is 11.2. The molecule has 1 aromatic heterocycles. The van der Waals surface area contributed by atoms with Crippen molar-refractivity contribution in [3.05, 3.63) is 34.1 Å².